The third-order valence-corrected chi connectivity index (χ3v) is 4.15. The van der Waals surface area contributed by atoms with E-state index in [1.165, 1.54) is 48.9 Å². The Kier molecular flexibility index (Phi) is 6.12. The first kappa shape index (κ1) is 15.9. The molecule has 116 valence electrons. The number of hydrogen-bond acceptors (Lipinski definition) is 3. The molecule has 3 nitrogen and oxygen atoms in total. The molecule has 1 aliphatic rings. The van der Waals surface area contributed by atoms with Crippen molar-refractivity contribution in [1.29, 1.82) is 0 Å². The van der Waals surface area contributed by atoms with Crippen molar-refractivity contribution < 1.29 is 0 Å². The Labute approximate surface area is 129 Å². The largest absolute Gasteiger partial charge is 0.398 e. The van der Waals surface area contributed by atoms with Gasteiger partial charge in [0.2, 0.25) is 0 Å². The Hall–Kier alpha value is -1.48. The fourth-order valence-electron chi connectivity index (χ4n) is 2.93. The van der Waals surface area contributed by atoms with Crippen molar-refractivity contribution in [2.45, 2.75) is 38.5 Å². The van der Waals surface area contributed by atoms with Gasteiger partial charge in [0.1, 0.15) is 0 Å². The maximum atomic E-state index is 6.45. The van der Waals surface area contributed by atoms with E-state index in [9.17, 15) is 0 Å². The van der Waals surface area contributed by atoms with Gasteiger partial charge in [-0.2, -0.15) is 0 Å². The molecule has 0 aromatic heterocycles. The minimum atomic E-state index is 0.984. The summed E-state index contributed by atoms with van der Waals surface area (Å²) in [6, 6.07) is 8.44. The maximum absolute atomic E-state index is 6.45. The molecule has 2 rings (SSSR count). The summed E-state index contributed by atoms with van der Waals surface area (Å²) in [4.78, 5) is 2.21. The average molecular weight is 287 g/mol. The van der Waals surface area contributed by atoms with E-state index in [0.717, 1.165) is 25.2 Å². The van der Waals surface area contributed by atoms with Crippen LogP contribution in [-0.2, 0) is 0 Å². The van der Waals surface area contributed by atoms with Crippen LogP contribution in [0.1, 0.15) is 44.1 Å². The standard InChI is InChI=1S/C18H29N3/c1-21(2)14-8-13-20-17-12-7-6-11-16(17)18(19)15-9-4-3-5-10-15/h6-7,11-12,20H,3-5,8-10,13-14,19H2,1-2H3. The second-order valence-corrected chi connectivity index (χ2v) is 6.21. The van der Waals surface area contributed by atoms with Gasteiger partial charge >= 0.3 is 0 Å². The first-order chi connectivity index (χ1) is 10.2. The van der Waals surface area contributed by atoms with Crippen molar-refractivity contribution in [2.75, 3.05) is 32.5 Å². The summed E-state index contributed by atoms with van der Waals surface area (Å²) in [7, 11) is 4.22. The Morgan fingerprint density at radius 3 is 2.57 bits per heavy atom. The quantitative estimate of drug-likeness (QED) is 0.784. The maximum Gasteiger partial charge on any atom is 0.0434 e. The highest BCUT2D eigenvalue weighted by Gasteiger charge is 2.12. The molecule has 0 atom stereocenters. The minimum Gasteiger partial charge on any atom is -0.398 e. The third kappa shape index (κ3) is 4.78. The molecule has 1 aromatic carbocycles. The number of nitrogens with two attached hydrogens (primary N) is 1. The molecular weight excluding hydrogens is 258 g/mol. The average Bonchev–Trinajstić information content (AvgIpc) is 2.52. The lowest BCUT2D eigenvalue weighted by molar-refractivity contribution is 0.405. The first-order valence-corrected chi connectivity index (χ1v) is 8.14. The molecule has 1 fully saturated rings. The molecule has 21 heavy (non-hydrogen) atoms. The van der Waals surface area contributed by atoms with E-state index in [1.54, 1.807) is 0 Å². The molecule has 1 aromatic rings. The van der Waals surface area contributed by atoms with Crippen molar-refractivity contribution in [3.05, 3.63) is 35.4 Å². The minimum absolute atomic E-state index is 0.984. The Morgan fingerprint density at radius 2 is 1.86 bits per heavy atom. The van der Waals surface area contributed by atoms with Crippen LogP contribution < -0.4 is 11.1 Å². The fraction of sp³-hybridized carbons (Fsp3) is 0.556. The summed E-state index contributed by atoms with van der Waals surface area (Å²) in [5.41, 5.74) is 11.3. The summed E-state index contributed by atoms with van der Waals surface area (Å²) in [6.07, 6.45) is 7.39. The van der Waals surface area contributed by atoms with E-state index in [-0.39, 0.29) is 0 Å². The van der Waals surface area contributed by atoms with E-state index in [1.807, 2.05) is 0 Å². The van der Waals surface area contributed by atoms with Crippen LogP contribution in [-0.4, -0.2) is 32.1 Å². The fourth-order valence-corrected chi connectivity index (χ4v) is 2.93. The van der Waals surface area contributed by atoms with Gasteiger partial charge in [-0.3, -0.25) is 0 Å². The molecule has 0 heterocycles. The van der Waals surface area contributed by atoms with Crippen LogP contribution in [0.15, 0.2) is 29.8 Å². The monoisotopic (exact) mass is 287 g/mol. The van der Waals surface area contributed by atoms with Crippen LogP contribution >= 0.6 is 0 Å². The summed E-state index contributed by atoms with van der Waals surface area (Å²) < 4.78 is 0. The first-order valence-electron chi connectivity index (χ1n) is 8.14. The molecular formula is C18H29N3. The highest BCUT2D eigenvalue weighted by Crippen LogP contribution is 2.30. The number of nitrogens with one attached hydrogen (secondary N) is 1. The lowest BCUT2D eigenvalue weighted by atomic mass is 9.91. The molecule has 0 saturated heterocycles. The van der Waals surface area contributed by atoms with Gasteiger partial charge < -0.3 is 16.0 Å². The van der Waals surface area contributed by atoms with E-state index in [2.05, 4.69) is 48.6 Å². The van der Waals surface area contributed by atoms with Crippen molar-refractivity contribution >= 4 is 11.4 Å². The van der Waals surface area contributed by atoms with Gasteiger partial charge in [0, 0.05) is 23.5 Å². The second-order valence-electron chi connectivity index (χ2n) is 6.21. The van der Waals surface area contributed by atoms with E-state index in [4.69, 9.17) is 5.73 Å². The Balaban J connectivity index is 2.05. The highest BCUT2D eigenvalue weighted by atomic mass is 15.1. The number of rotatable bonds is 6. The van der Waals surface area contributed by atoms with Gasteiger partial charge in [0.25, 0.3) is 0 Å². The molecule has 1 aliphatic carbocycles. The van der Waals surface area contributed by atoms with Crippen molar-refractivity contribution in [3.8, 4) is 0 Å². The van der Waals surface area contributed by atoms with Crippen LogP contribution in [0.3, 0.4) is 0 Å². The summed E-state index contributed by atoms with van der Waals surface area (Å²) >= 11 is 0. The number of allylic oxidation sites excluding steroid dienone is 1. The zero-order valence-electron chi connectivity index (χ0n) is 13.5. The van der Waals surface area contributed by atoms with Gasteiger partial charge in [-0.1, -0.05) is 24.6 Å². The lowest BCUT2D eigenvalue weighted by Crippen LogP contribution is -2.17. The van der Waals surface area contributed by atoms with Crippen LogP contribution in [0.5, 0.6) is 0 Å². The van der Waals surface area contributed by atoms with Crippen LogP contribution in [0.4, 0.5) is 5.69 Å². The van der Waals surface area contributed by atoms with Gasteiger partial charge in [0.15, 0.2) is 0 Å². The third-order valence-electron chi connectivity index (χ3n) is 4.15. The zero-order valence-corrected chi connectivity index (χ0v) is 13.5. The number of hydrogen-bond donors (Lipinski definition) is 2. The van der Waals surface area contributed by atoms with Gasteiger partial charge in [0.05, 0.1) is 0 Å². The molecule has 0 bridgehead atoms. The topological polar surface area (TPSA) is 41.3 Å². The van der Waals surface area contributed by atoms with Gasteiger partial charge in [-0.25, -0.2) is 0 Å². The lowest BCUT2D eigenvalue weighted by Gasteiger charge is -2.19. The molecule has 3 heteroatoms. The van der Waals surface area contributed by atoms with E-state index < -0.39 is 0 Å². The molecule has 1 saturated carbocycles. The summed E-state index contributed by atoms with van der Waals surface area (Å²) in [5, 5.41) is 3.55. The van der Waals surface area contributed by atoms with Crippen molar-refractivity contribution in [2.24, 2.45) is 5.73 Å². The van der Waals surface area contributed by atoms with E-state index >= 15 is 0 Å². The number of para-hydroxylation sites is 1. The smallest absolute Gasteiger partial charge is 0.0434 e. The number of anilines is 1. The summed E-state index contributed by atoms with van der Waals surface area (Å²) in [6.45, 7) is 2.09. The van der Waals surface area contributed by atoms with Crippen LogP contribution in [0, 0.1) is 0 Å². The van der Waals surface area contributed by atoms with Crippen molar-refractivity contribution in [3.63, 3.8) is 0 Å². The molecule has 0 unspecified atom stereocenters. The van der Waals surface area contributed by atoms with Gasteiger partial charge in [-0.15, -0.1) is 0 Å². The zero-order chi connectivity index (χ0) is 15.1. The van der Waals surface area contributed by atoms with Crippen LogP contribution in [0.2, 0.25) is 0 Å². The predicted octanol–water partition coefficient (Wildman–Crippen LogP) is 3.68. The van der Waals surface area contributed by atoms with Crippen molar-refractivity contribution in [1.82, 2.24) is 4.90 Å². The van der Waals surface area contributed by atoms with E-state index in [0.29, 0.717) is 0 Å². The highest BCUT2D eigenvalue weighted by molar-refractivity contribution is 5.76. The molecule has 0 spiro atoms. The van der Waals surface area contributed by atoms with Crippen LogP contribution in [0.25, 0.3) is 5.70 Å². The second kappa shape index (κ2) is 8.08. The number of nitrogens with zero attached hydrogens (tertiary/aromatic N) is 1. The normalized spacial score (nSPS) is 15.3. The molecule has 0 amide bonds. The SMILES string of the molecule is CN(C)CCCNc1ccccc1C(N)=C1CCCCC1. The predicted molar refractivity (Wildman–Crippen MR) is 92.3 cm³/mol. The summed E-state index contributed by atoms with van der Waals surface area (Å²) in [5.74, 6) is 0. The Bertz CT molecular complexity index is 469. The van der Waals surface area contributed by atoms with Gasteiger partial charge in [-0.05, 0) is 64.4 Å². The Morgan fingerprint density at radius 1 is 1.14 bits per heavy atom. The number of benzene rings is 1. The molecule has 3 N–H and O–H groups in total. The molecule has 0 radical (unpaired) electrons. The molecule has 0 aliphatic heterocycles.